The first-order chi connectivity index (χ1) is 16.2. The maximum atomic E-state index is 13.5. The number of hydroxylamine groups is 1. The molecule has 1 atom stereocenters. The lowest BCUT2D eigenvalue weighted by molar-refractivity contribution is -0.456. The summed E-state index contributed by atoms with van der Waals surface area (Å²) in [5, 5.41) is 19.3. The smallest absolute Gasteiger partial charge is 0.226 e. The fraction of sp³-hybridized carbons (Fsp3) is 0.414. The molecular weight excluding hydrogens is 408 g/mol. The predicted molar refractivity (Wildman–Crippen MR) is 139 cm³/mol. The van der Waals surface area contributed by atoms with Gasteiger partial charge in [0.05, 0.1) is 12.7 Å². The number of hydrogen-bond acceptors (Lipinski definition) is 3. The Morgan fingerprint density at radius 1 is 0.970 bits per heavy atom. The second-order valence-electron chi connectivity index (χ2n) is 8.68. The van der Waals surface area contributed by atoms with Crippen molar-refractivity contribution < 1.29 is 9.48 Å². The summed E-state index contributed by atoms with van der Waals surface area (Å²) in [4.78, 5) is 0. The molecule has 0 saturated heterocycles. The maximum Gasteiger partial charge on any atom is 0.226 e. The molecule has 176 valence electrons. The second-order valence-corrected chi connectivity index (χ2v) is 8.68. The molecular formula is C29H38N2O2. The van der Waals surface area contributed by atoms with Crippen LogP contribution in [0.25, 0.3) is 10.8 Å². The van der Waals surface area contributed by atoms with Gasteiger partial charge in [-0.25, -0.2) is 4.74 Å². The largest absolute Gasteiger partial charge is 0.623 e. The lowest BCUT2D eigenvalue weighted by Crippen LogP contribution is -2.26. The lowest BCUT2D eigenvalue weighted by atomic mass is 9.96. The third kappa shape index (κ3) is 6.82. The molecule has 0 fully saturated rings. The van der Waals surface area contributed by atoms with Crippen molar-refractivity contribution in [3.05, 3.63) is 83.1 Å². The highest BCUT2D eigenvalue weighted by Gasteiger charge is 2.19. The van der Waals surface area contributed by atoms with Gasteiger partial charge < -0.3 is 15.3 Å². The quantitative estimate of drug-likeness (QED) is 0.109. The van der Waals surface area contributed by atoms with Gasteiger partial charge in [-0.15, -0.1) is 0 Å². The summed E-state index contributed by atoms with van der Waals surface area (Å²) >= 11 is 0. The molecule has 0 radical (unpaired) electrons. The third-order valence-electron chi connectivity index (χ3n) is 6.35. The van der Waals surface area contributed by atoms with Gasteiger partial charge in [-0.2, -0.15) is 0 Å². The highest BCUT2D eigenvalue weighted by Crippen LogP contribution is 2.23. The van der Waals surface area contributed by atoms with Crippen LogP contribution in [0.3, 0.4) is 0 Å². The molecule has 0 aliphatic carbocycles. The Morgan fingerprint density at radius 2 is 1.73 bits per heavy atom. The van der Waals surface area contributed by atoms with E-state index in [2.05, 4.69) is 37.4 Å². The number of nitrogens with zero attached hydrogens (tertiary/aromatic N) is 1. The summed E-state index contributed by atoms with van der Waals surface area (Å²) in [5.74, 6) is 1.51. The Bertz CT molecular complexity index is 1020. The monoisotopic (exact) mass is 446 g/mol. The van der Waals surface area contributed by atoms with Crippen molar-refractivity contribution in [1.29, 1.82) is 0 Å². The van der Waals surface area contributed by atoms with Crippen LogP contribution in [-0.2, 0) is 0 Å². The van der Waals surface area contributed by atoms with Gasteiger partial charge >= 0.3 is 0 Å². The molecule has 0 aromatic heterocycles. The molecule has 1 N–H and O–H groups in total. The van der Waals surface area contributed by atoms with Gasteiger partial charge in [0.1, 0.15) is 5.75 Å². The number of rotatable bonds is 13. The summed E-state index contributed by atoms with van der Waals surface area (Å²) < 4.78 is 6.49. The van der Waals surface area contributed by atoms with Crippen LogP contribution in [0.15, 0.2) is 66.7 Å². The van der Waals surface area contributed by atoms with Crippen molar-refractivity contribution in [3.8, 4) is 5.75 Å². The van der Waals surface area contributed by atoms with Crippen molar-refractivity contribution in [2.24, 2.45) is 5.92 Å². The fourth-order valence-electron chi connectivity index (χ4n) is 4.32. The molecule has 3 rings (SSSR count). The van der Waals surface area contributed by atoms with Crippen molar-refractivity contribution >= 4 is 16.5 Å². The van der Waals surface area contributed by atoms with E-state index in [4.69, 9.17) is 4.74 Å². The number of methoxy groups -OCH3 is 1. The first-order valence-electron chi connectivity index (χ1n) is 12.3. The molecule has 33 heavy (non-hydrogen) atoms. The van der Waals surface area contributed by atoms with E-state index in [1.54, 1.807) is 7.11 Å². The molecule has 4 heteroatoms. The Balaban J connectivity index is 1.79. The average molecular weight is 447 g/mol. The first-order valence-corrected chi connectivity index (χ1v) is 12.3. The number of benzene rings is 3. The van der Waals surface area contributed by atoms with E-state index in [0.717, 1.165) is 53.1 Å². The van der Waals surface area contributed by atoms with E-state index in [-0.39, 0.29) is 0 Å². The third-order valence-corrected chi connectivity index (χ3v) is 6.35. The summed E-state index contributed by atoms with van der Waals surface area (Å²) in [6.07, 6.45) is 5.83. The van der Waals surface area contributed by atoms with Gasteiger partial charge in [0, 0.05) is 18.5 Å². The fourth-order valence-corrected chi connectivity index (χ4v) is 4.32. The number of ether oxygens (including phenoxy) is 1. The topological polar surface area (TPSA) is 47.3 Å². The van der Waals surface area contributed by atoms with Crippen molar-refractivity contribution in [3.63, 3.8) is 0 Å². The summed E-state index contributed by atoms with van der Waals surface area (Å²) in [5.41, 5.74) is 2.58. The lowest BCUT2D eigenvalue weighted by Gasteiger charge is -2.16. The minimum Gasteiger partial charge on any atom is -0.623 e. The first kappa shape index (κ1) is 24.8. The van der Waals surface area contributed by atoms with Gasteiger partial charge in [-0.3, -0.25) is 0 Å². The zero-order valence-electron chi connectivity index (χ0n) is 20.3. The van der Waals surface area contributed by atoms with E-state index in [0.29, 0.717) is 12.3 Å². The second kappa shape index (κ2) is 13.0. The summed E-state index contributed by atoms with van der Waals surface area (Å²) in [7, 11) is 1.66. The standard InChI is InChI=1S/C29H38N2O2/c1-4-6-11-23(5-2)22-30-20-10-21-31(32)29(25-16-18-26(33-3)19-17-25)28-15-9-13-24-12-7-8-14-27(24)28/h7-9,12-19,23,30H,4-6,10-11,20-22H2,1-3H3/b31-29-. The molecule has 0 heterocycles. The predicted octanol–water partition coefficient (Wildman–Crippen LogP) is 6.39. The highest BCUT2D eigenvalue weighted by atomic mass is 16.5. The summed E-state index contributed by atoms with van der Waals surface area (Å²) in [6.45, 7) is 6.85. The van der Waals surface area contributed by atoms with Crippen molar-refractivity contribution in [2.75, 3.05) is 26.7 Å². The van der Waals surface area contributed by atoms with Gasteiger partial charge in [0.25, 0.3) is 0 Å². The van der Waals surface area contributed by atoms with Gasteiger partial charge in [0.2, 0.25) is 5.71 Å². The van der Waals surface area contributed by atoms with Crippen LogP contribution in [0.1, 0.15) is 57.1 Å². The van der Waals surface area contributed by atoms with Crippen molar-refractivity contribution in [2.45, 2.75) is 46.0 Å². The Labute approximate surface area is 198 Å². The van der Waals surface area contributed by atoms with E-state index < -0.39 is 0 Å². The van der Waals surface area contributed by atoms with Gasteiger partial charge in [-0.05, 0) is 60.0 Å². The molecule has 0 bridgehead atoms. The Morgan fingerprint density at radius 3 is 2.45 bits per heavy atom. The molecule has 0 spiro atoms. The molecule has 0 saturated carbocycles. The van der Waals surface area contributed by atoms with Crippen LogP contribution in [0.4, 0.5) is 0 Å². The maximum absolute atomic E-state index is 13.5. The van der Waals surface area contributed by atoms with Crippen LogP contribution in [0.2, 0.25) is 0 Å². The zero-order valence-corrected chi connectivity index (χ0v) is 20.3. The van der Waals surface area contributed by atoms with Crippen LogP contribution >= 0.6 is 0 Å². The summed E-state index contributed by atoms with van der Waals surface area (Å²) in [6, 6.07) is 22.2. The molecule has 0 aliphatic heterocycles. The molecule has 3 aromatic rings. The van der Waals surface area contributed by atoms with E-state index in [1.807, 2.05) is 48.5 Å². The minimum atomic E-state index is 0.448. The number of hydrogen-bond donors (Lipinski definition) is 1. The van der Waals surface area contributed by atoms with Crippen LogP contribution in [0, 0.1) is 11.1 Å². The van der Waals surface area contributed by atoms with Crippen LogP contribution in [0.5, 0.6) is 5.75 Å². The molecule has 0 amide bonds. The number of unbranched alkanes of at least 4 members (excludes halogenated alkanes) is 1. The normalized spacial score (nSPS) is 13.1. The van der Waals surface area contributed by atoms with Crippen LogP contribution in [-0.4, -0.2) is 37.2 Å². The number of fused-ring (bicyclic) bond motifs is 1. The zero-order chi connectivity index (χ0) is 23.5. The average Bonchev–Trinajstić information content (AvgIpc) is 2.86. The van der Waals surface area contributed by atoms with E-state index in [1.165, 1.54) is 30.4 Å². The molecule has 1 unspecified atom stereocenters. The van der Waals surface area contributed by atoms with Gasteiger partial charge in [0.15, 0.2) is 6.54 Å². The Hall–Kier alpha value is -2.85. The minimum absolute atomic E-state index is 0.448. The molecule has 3 aromatic carbocycles. The van der Waals surface area contributed by atoms with E-state index in [9.17, 15) is 5.21 Å². The van der Waals surface area contributed by atoms with Gasteiger partial charge in [-0.1, -0.05) is 69.5 Å². The SMILES string of the molecule is CCCCC(CC)CNCCC/[N+]([O-])=C(\c1ccc(OC)cc1)c1cccc2ccccc12. The van der Waals surface area contributed by atoms with E-state index >= 15 is 0 Å². The Kier molecular flexibility index (Phi) is 9.77. The molecule has 4 nitrogen and oxygen atoms in total. The van der Waals surface area contributed by atoms with Crippen molar-refractivity contribution in [1.82, 2.24) is 5.32 Å². The van der Waals surface area contributed by atoms with Crippen LogP contribution < -0.4 is 10.1 Å². The highest BCUT2D eigenvalue weighted by molar-refractivity contribution is 6.17. The number of nitrogens with one attached hydrogen (secondary N) is 1. The molecule has 0 aliphatic rings.